The van der Waals surface area contributed by atoms with Gasteiger partial charge in [-0.05, 0) is 61.4 Å². The summed E-state index contributed by atoms with van der Waals surface area (Å²) in [6, 6.07) is 16.7. The summed E-state index contributed by atoms with van der Waals surface area (Å²) < 4.78 is 67.8. The van der Waals surface area contributed by atoms with E-state index in [0.29, 0.717) is 43.1 Å². The zero-order chi connectivity index (χ0) is 25.0. The maximum Gasteiger partial charge on any atom is 0.264 e. The van der Waals surface area contributed by atoms with Gasteiger partial charge in [-0.15, -0.1) is 0 Å². The van der Waals surface area contributed by atoms with Gasteiger partial charge in [-0.1, -0.05) is 12.1 Å². The number of anilines is 1. The molecule has 1 heterocycles. The van der Waals surface area contributed by atoms with Gasteiger partial charge in [0.2, 0.25) is 0 Å². The molecule has 0 spiro atoms. The van der Waals surface area contributed by atoms with Crippen molar-refractivity contribution >= 4 is 15.7 Å². The maximum atomic E-state index is 14.1. The summed E-state index contributed by atoms with van der Waals surface area (Å²) in [6.45, 7) is 1.13. The fraction of sp³-hybridized carbons (Fsp3) is 0.308. The van der Waals surface area contributed by atoms with E-state index in [4.69, 9.17) is 9.47 Å². The maximum absolute atomic E-state index is 14.1. The third kappa shape index (κ3) is 5.41. The number of benzene rings is 3. The number of hydrogen-bond donors (Lipinski definition) is 0. The van der Waals surface area contributed by atoms with Crippen molar-refractivity contribution in [3.8, 4) is 11.5 Å². The van der Waals surface area contributed by atoms with Crippen molar-refractivity contribution < 1.29 is 26.7 Å². The van der Waals surface area contributed by atoms with Gasteiger partial charge in [-0.25, -0.2) is 17.2 Å². The van der Waals surface area contributed by atoms with Crippen LogP contribution in [0.15, 0.2) is 71.6 Å². The number of sulfonamides is 1. The van der Waals surface area contributed by atoms with Crippen LogP contribution in [0.25, 0.3) is 0 Å². The third-order valence-corrected chi connectivity index (χ3v) is 8.15. The number of piperidine rings is 1. The monoisotopic (exact) mass is 502 g/mol. The first-order valence-electron chi connectivity index (χ1n) is 11.3. The highest BCUT2D eigenvalue weighted by Gasteiger charge is 2.34. The van der Waals surface area contributed by atoms with Crippen molar-refractivity contribution in [3.05, 3.63) is 83.9 Å². The van der Waals surface area contributed by atoms with Gasteiger partial charge in [-0.2, -0.15) is 0 Å². The van der Waals surface area contributed by atoms with Gasteiger partial charge in [0.1, 0.15) is 23.1 Å². The molecule has 0 saturated carbocycles. The van der Waals surface area contributed by atoms with E-state index in [0.717, 1.165) is 0 Å². The van der Waals surface area contributed by atoms with Crippen molar-refractivity contribution in [2.75, 3.05) is 31.6 Å². The molecule has 3 aromatic rings. The predicted molar refractivity (Wildman–Crippen MR) is 130 cm³/mol. The summed E-state index contributed by atoms with van der Waals surface area (Å²) in [4.78, 5) is 2.10. The standard InChI is InChI=1S/C26H28F2N2O4S/c1-33-21-9-11-23(12-10-21)35(31,32)30(20-5-3-6-22(17-20)34-2)19-13-15-29(16-14-19)18-24-25(27)7-4-8-26(24)28/h3-12,17,19H,13-16,18H2,1-2H3. The van der Waals surface area contributed by atoms with E-state index in [-0.39, 0.29) is 23.0 Å². The molecule has 4 rings (SSSR count). The van der Waals surface area contributed by atoms with Crippen LogP contribution >= 0.6 is 0 Å². The smallest absolute Gasteiger partial charge is 0.264 e. The minimum absolute atomic E-state index is 0.0291. The molecule has 0 atom stereocenters. The van der Waals surface area contributed by atoms with Gasteiger partial charge in [0, 0.05) is 37.3 Å². The highest BCUT2D eigenvalue weighted by molar-refractivity contribution is 7.92. The van der Waals surface area contributed by atoms with Crippen LogP contribution in [-0.4, -0.2) is 46.7 Å². The van der Waals surface area contributed by atoms with Crippen molar-refractivity contribution in [1.82, 2.24) is 4.90 Å². The van der Waals surface area contributed by atoms with E-state index >= 15 is 0 Å². The second-order valence-electron chi connectivity index (χ2n) is 8.39. The lowest BCUT2D eigenvalue weighted by molar-refractivity contribution is 0.202. The van der Waals surface area contributed by atoms with Crippen LogP contribution in [0.3, 0.4) is 0 Å². The predicted octanol–water partition coefficient (Wildman–Crippen LogP) is 4.84. The van der Waals surface area contributed by atoms with E-state index in [9.17, 15) is 17.2 Å². The highest BCUT2D eigenvalue weighted by Crippen LogP contribution is 2.33. The lowest BCUT2D eigenvalue weighted by atomic mass is 10.0. The lowest BCUT2D eigenvalue weighted by Crippen LogP contribution is -2.47. The molecule has 9 heteroatoms. The SMILES string of the molecule is COc1ccc(S(=O)(=O)N(c2cccc(OC)c2)C2CCN(Cc3c(F)cccc3F)CC2)cc1. The molecule has 3 aromatic carbocycles. The topological polar surface area (TPSA) is 59.1 Å². The first-order chi connectivity index (χ1) is 16.8. The van der Waals surface area contributed by atoms with Gasteiger partial charge in [0.05, 0.1) is 24.8 Å². The van der Waals surface area contributed by atoms with Gasteiger partial charge < -0.3 is 9.47 Å². The van der Waals surface area contributed by atoms with Crippen molar-refractivity contribution in [3.63, 3.8) is 0 Å². The van der Waals surface area contributed by atoms with Crippen LogP contribution in [0.2, 0.25) is 0 Å². The van der Waals surface area contributed by atoms with Crippen LogP contribution in [0.1, 0.15) is 18.4 Å². The lowest BCUT2D eigenvalue weighted by Gasteiger charge is -2.39. The Bertz CT molecular complexity index is 1240. The van der Waals surface area contributed by atoms with E-state index in [1.807, 2.05) is 4.90 Å². The molecule has 0 bridgehead atoms. The van der Waals surface area contributed by atoms with Gasteiger partial charge in [-0.3, -0.25) is 9.21 Å². The van der Waals surface area contributed by atoms with Crippen LogP contribution < -0.4 is 13.8 Å². The molecule has 1 fully saturated rings. The van der Waals surface area contributed by atoms with E-state index < -0.39 is 21.7 Å². The second-order valence-corrected chi connectivity index (χ2v) is 10.2. The zero-order valence-corrected chi connectivity index (χ0v) is 20.5. The molecule has 0 unspecified atom stereocenters. The number of rotatable bonds is 8. The van der Waals surface area contributed by atoms with E-state index in [2.05, 4.69) is 0 Å². The molecule has 0 amide bonds. The third-order valence-electron chi connectivity index (χ3n) is 6.26. The Kier molecular flexibility index (Phi) is 7.57. The average Bonchev–Trinajstić information content (AvgIpc) is 2.87. The Hall–Kier alpha value is -3.17. The summed E-state index contributed by atoms with van der Waals surface area (Å²) in [6.07, 6.45) is 1.01. The summed E-state index contributed by atoms with van der Waals surface area (Å²) in [5, 5.41) is 0. The molecule has 6 nitrogen and oxygen atoms in total. The first-order valence-corrected chi connectivity index (χ1v) is 12.8. The molecular weight excluding hydrogens is 474 g/mol. The van der Waals surface area contributed by atoms with Crippen molar-refractivity contribution in [2.24, 2.45) is 0 Å². The fourth-order valence-electron chi connectivity index (χ4n) is 4.37. The Labute approximate surface area is 204 Å². The fourth-order valence-corrected chi connectivity index (χ4v) is 6.08. The Morgan fingerprint density at radius 1 is 0.886 bits per heavy atom. The number of halogens is 2. The van der Waals surface area contributed by atoms with E-state index in [1.54, 1.807) is 36.4 Å². The quantitative estimate of drug-likeness (QED) is 0.441. The first kappa shape index (κ1) is 24.9. The number of nitrogens with zero attached hydrogens (tertiary/aromatic N) is 2. The molecule has 1 saturated heterocycles. The second kappa shape index (κ2) is 10.6. The molecule has 186 valence electrons. The summed E-state index contributed by atoms with van der Waals surface area (Å²) >= 11 is 0. The Morgan fingerprint density at radius 2 is 1.49 bits per heavy atom. The molecule has 1 aliphatic rings. The minimum Gasteiger partial charge on any atom is -0.497 e. The highest BCUT2D eigenvalue weighted by atomic mass is 32.2. The van der Waals surface area contributed by atoms with Crippen LogP contribution in [0, 0.1) is 11.6 Å². The van der Waals surface area contributed by atoms with Crippen molar-refractivity contribution in [1.29, 1.82) is 0 Å². The number of methoxy groups -OCH3 is 2. The summed E-state index contributed by atoms with van der Waals surface area (Å²) in [5.41, 5.74) is 0.528. The van der Waals surface area contributed by atoms with E-state index in [1.165, 1.54) is 48.9 Å². The van der Waals surface area contributed by atoms with Crippen molar-refractivity contribution in [2.45, 2.75) is 30.3 Å². The molecule has 1 aliphatic heterocycles. The molecule has 0 aromatic heterocycles. The minimum atomic E-state index is -3.91. The number of likely N-dealkylation sites (tertiary alicyclic amines) is 1. The molecule has 0 radical (unpaired) electrons. The molecular formula is C26H28F2N2O4S. The summed E-state index contributed by atoms with van der Waals surface area (Å²) in [5.74, 6) is -0.0464. The van der Waals surface area contributed by atoms with Gasteiger partial charge >= 0.3 is 0 Å². The molecule has 0 N–H and O–H groups in total. The molecule has 0 aliphatic carbocycles. The molecule has 35 heavy (non-hydrogen) atoms. The van der Waals surface area contributed by atoms with Crippen LogP contribution in [0.4, 0.5) is 14.5 Å². The summed E-state index contributed by atoms with van der Waals surface area (Å²) in [7, 11) is -0.859. The Morgan fingerprint density at radius 3 is 2.09 bits per heavy atom. The van der Waals surface area contributed by atoms with Crippen LogP contribution in [-0.2, 0) is 16.6 Å². The average molecular weight is 503 g/mol. The zero-order valence-electron chi connectivity index (χ0n) is 19.7. The van der Waals surface area contributed by atoms with Gasteiger partial charge in [0.25, 0.3) is 10.0 Å². The normalized spacial score (nSPS) is 15.1. The van der Waals surface area contributed by atoms with Crippen LogP contribution in [0.5, 0.6) is 11.5 Å². The number of ether oxygens (including phenoxy) is 2. The number of hydrogen-bond acceptors (Lipinski definition) is 5. The Balaban J connectivity index is 1.61. The largest absolute Gasteiger partial charge is 0.497 e. The van der Waals surface area contributed by atoms with Gasteiger partial charge in [0.15, 0.2) is 0 Å².